The fourth-order valence-electron chi connectivity index (χ4n) is 3.60. The molecule has 0 aliphatic carbocycles. The molecule has 1 aliphatic heterocycles. The van der Waals surface area contributed by atoms with Crippen molar-refractivity contribution in [3.05, 3.63) is 47.2 Å². The summed E-state index contributed by atoms with van der Waals surface area (Å²) in [4.78, 5) is 20.3. The third-order valence-corrected chi connectivity index (χ3v) is 5.40. The lowest BCUT2D eigenvalue weighted by molar-refractivity contribution is 0.473. The van der Waals surface area contributed by atoms with Gasteiger partial charge in [-0.05, 0) is 26.7 Å². The average Bonchev–Trinajstić information content (AvgIpc) is 3.34. The number of rotatable bonds is 6. The molecule has 27 heavy (non-hydrogen) atoms. The normalized spacial score (nSPS) is 17.4. The van der Waals surface area contributed by atoms with Crippen molar-refractivity contribution in [2.24, 2.45) is 0 Å². The van der Waals surface area contributed by atoms with E-state index < -0.39 is 0 Å². The minimum Gasteiger partial charge on any atom is -0.368 e. The van der Waals surface area contributed by atoms with E-state index >= 15 is 0 Å². The summed E-state index contributed by atoms with van der Waals surface area (Å²) in [6, 6.07) is 2.39. The second-order valence-corrected chi connectivity index (χ2v) is 7.96. The molecule has 142 valence electrons. The van der Waals surface area contributed by atoms with Crippen LogP contribution >= 0.6 is 11.3 Å². The van der Waals surface area contributed by atoms with Gasteiger partial charge in [0.1, 0.15) is 23.8 Å². The first-order valence-electron chi connectivity index (χ1n) is 9.40. The van der Waals surface area contributed by atoms with Gasteiger partial charge in [-0.3, -0.25) is 0 Å². The molecule has 8 heteroatoms. The standard InChI is InChI=1S/C19H25N7S/c1-14(2)24-17-8-18(22-12-21-17)25-6-3-4-15(9-25)19-20-5-7-26(19)10-16-11-27-13-23-16/h5,7-8,11-15H,3-4,6,9-10H2,1-2H3,(H,21,22,24). The minimum atomic E-state index is 0.347. The van der Waals surface area contributed by atoms with Crippen LogP contribution in [0.4, 0.5) is 11.6 Å². The summed E-state index contributed by atoms with van der Waals surface area (Å²) >= 11 is 1.63. The van der Waals surface area contributed by atoms with Gasteiger partial charge in [0.2, 0.25) is 0 Å². The molecule has 4 heterocycles. The molecule has 1 aliphatic rings. The summed E-state index contributed by atoms with van der Waals surface area (Å²) in [5, 5.41) is 5.45. The van der Waals surface area contributed by atoms with Crippen LogP contribution in [0.5, 0.6) is 0 Å². The number of nitrogens with zero attached hydrogens (tertiary/aromatic N) is 6. The van der Waals surface area contributed by atoms with Gasteiger partial charge < -0.3 is 14.8 Å². The Labute approximate surface area is 163 Å². The lowest BCUT2D eigenvalue weighted by atomic mass is 9.97. The van der Waals surface area contributed by atoms with Crippen LogP contribution < -0.4 is 10.2 Å². The van der Waals surface area contributed by atoms with E-state index in [1.54, 1.807) is 17.7 Å². The third kappa shape index (κ3) is 4.27. The van der Waals surface area contributed by atoms with Gasteiger partial charge in [-0.1, -0.05) is 0 Å². The fraction of sp³-hybridized carbons (Fsp3) is 0.474. The van der Waals surface area contributed by atoms with E-state index in [0.29, 0.717) is 12.0 Å². The number of hydrogen-bond acceptors (Lipinski definition) is 7. The quantitative estimate of drug-likeness (QED) is 0.704. The molecular weight excluding hydrogens is 358 g/mol. The van der Waals surface area contributed by atoms with Crippen LogP contribution in [0.15, 0.2) is 35.7 Å². The maximum absolute atomic E-state index is 4.67. The van der Waals surface area contributed by atoms with Gasteiger partial charge in [0, 0.05) is 48.9 Å². The first kappa shape index (κ1) is 17.9. The zero-order chi connectivity index (χ0) is 18.6. The molecule has 1 fully saturated rings. The van der Waals surface area contributed by atoms with E-state index in [-0.39, 0.29) is 0 Å². The van der Waals surface area contributed by atoms with Crippen molar-refractivity contribution in [2.45, 2.75) is 45.2 Å². The Bertz CT molecular complexity index is 859. The van der Waals surface area contributed by atoms with Crippen LogP contribution in [-0.2, 0) is 6.54 Å². The van der Waals surface area contributed by atoms with Crippen molar-refractivity contribution in [1.82, 2.24) is 24.5 Å². The largest absolute Gasteiger partial charge is 0.368 e. The molecule has 1 atom stereocenters. The zero-order valence-corrected chi connectivity index (χ0v) is 16.6. The van der Waals surface area contributed by atoms with Crippen molar-refractivity contribution in [3.63, 3.8) is 0 Å². The smallest absolute Gasteiger partial charge is 0.134 e. The molecular formula is C19H25N7S. The number of hydrogen-bond donors (Lipinski definition) is 1. The molecule has 0 bridgehead atoms. The molecule has 1 saturated heterocycles. The summed E-state index contributed by atoms with van der Waals surface area (Å²) in [6.07, 6.45) is 7.88. The highest BCUT2D eigenvalue weighted by Crippen LogP contribution is 2.29. The first-order chi connectivity index (χ1) is 13.2. The zero-order valence-electron chi connectivity index (χ0n) is 15.7. The summed E-state index contributed by atoms with van der Waals surface area (Å²) in [7, 11) is 0. The van der Waals surface area contributed by atoms with Crippen LogP contribution in [0.3, 0.4) is 0 Å². The Hall–Kier alpha value is -2.48. The molecule has 1 N–H and O–H groups in total. The van der Waals surface area contributed by atoms with Crippen molar-refractivity contribution in [1.29, 1.82) is 0 Å². The number of imidazole rings is 1. The molecule has 4 rings (SSSR count). The number of piperidine rings is 1. The van der Waals surface area contributed by atoms with Crippen LogP contribution in [0, 0.1) is 0 Å². The Morgan fingerprint density at radius 1 is 1.26 bits per heavy atom. The third-order valence-electron chi connectivity index (χ3n) is 4.76. The van der Waals surface area contributed by atoms with E-state index in [4.69, 9.17) is 0 Å². The predicted octanol–water partition coefficient (Wildman–Crippen LogP) is 3.38. The number of anilines is 2. The second-order valence-electron chi connectivity index (χ2n) is 7.24. The minimum absolute atomic E-state index is 0.347. The molecule has 0 spiro atoms. The predicted molar refractivity (Wildman–Crippen MR) is 108 cm³/mol. The summed E-state index contributed by atoms with van der Waals surface area (Å²) in [5.74, 6) is 3.39. The second kappa shape index (κ2) is 8.04. The van der Waals surface area contributed by atoms with E-state index in [0.717, 1.165) is 55.6 Å². The first-order valence-corrected chi connectivity index (χ1v) is 10.3. The summed E-state index contributed by atoms with van der Waals surface area (Å²) in [6.45, 7) is 6.95. The maximum Gasteiger partial charge on any atom is 0.134 e. The van der Waals surface area contributed by atoms with E-state index in [9.17, 15) is 0 Å². The van der Waals surface area contributed by atoms with E-state index in [2.05, 4.69) is 60.1 Å². The molecule has 7 nitrogen and oxygen atoms in total. The SMILES string of the molecule is CC(C)Nc1cc(N2CCCC(c3nccn3Cc3cscn3)C2)ncn1. The van der Waals surface area contributed by atoms with Gasteiger partial charge in [0.15, 0.2) is 0 Å². The highest BCUT2D eigenvalue weighted by Gasteiger charge is 2.26. The average molecular weight is 384 g/mol. The fourth-order valence-corrected chi connectivity index (χ4v) is 4.14. The molecule has 3 aromatic heterocycles. The van der Waals surface area contributed by atoms with Gasteiger partial charge in [-0.25, -0.2) is 19.9 Å². The molecule has 0 radical (unpaired) electrons. The molecule has 1 unspecified atom stereocenters. The summed E-state index contributed by atoms with van der Waals surface area (Å²) < 4.78 is 2.23. The van der Waals surface area contributed by atoms with Crippen molar-refractivity contribution in [2.75, 3.05) is 23.3 Å². The highest BCUT2D eigenvalue weighted by atomic mass is 32.1. The van der Waals surface area contributed by atoms with E-state index in [1.807, 2.05) is 17.8 Å². The Morgan fingerprint density at radius 3 is 3.00 bits per heavy atom. The van der Waals surface area contributed by atoms with Crippen LogP contribution in [-0.4, -0.2) is 43.6 Å². The number of nitrogens with one attached hydrogen (secondary N) is 1. The van der Waals surface area contributed by atoms with Crippen LogP contribution in [0.2, 0.25) is 0 Å². The van der Waals surface area contributed by atoms with Gasteiger partial charge in [-0.15, -0.1) is 11.3 Å². The van der Waals surface area contributed by atoms with Gasteiger partial charge in [0.25, 0.3) is 0 Å². The van der Waals surface area contributed by atoms with Crippen molar-refractivity contribution < 1.29 is 0 Å². The van der Waals surface area contributed by atoms with Crippen molar-refractivity contribution >= 4 is 23.0 Å². The molecule has 0 amide bonds. The maximum atomic E-state index is 4.67. The Kier molecular flexibility index (Phi) is 5.33. The Balaban J connectivity index is 1.50. The highest BCUT2D eigenvalue weighted by molar-refractivity contribution is 7.07. The lowest BCUT2D eigenvalue weighted by Gasteiger charge is -2.33. The van der Waals surface area contributed by atoms with Crippen LogP contribution in [0.25, 0.3) is 0 Å². The number of aromatic nitrogens is 5. The molecule has 3 aromatic rings. The van der Waals surface area contributed by atoms with Crippen molar-refractivity contribution in [3.8, 4) is 0 Å². The molecule has 0 aromatic carbocycles. The van der Waals surface area contributed by atoms with Gasteiger partial charge in [0.05, 0.1) is 17.7 Å². The Morgan fingerprint density at radius 2 is 2.19 bits per heavy atom. The number of thiazole rings is 1. The molecule has 0 saturated carbocycles. The lowest BCUT2D eigenvalue weighted by Crippen LogP contribution is -2.36. The van der Waals surface area contributed by atoms with Gasteiger partial charge in [-0.2, -0.15) is 0 Å². The van der Waals surface area contributed by atoms with E-state index in [1.165, 1.54) is 0 Å². The summed E-state index contributed by atoms with van der Waals surface area (Å²) in [5.41, 5.74) is 2.97. The topological polar surface area (TPSA) is 71.8 Å². The monoisotopic (exact) mass is 383 g/mol. The van der Waals surface area contributed by atoms with Gasteiger partial charge >= 0.3 is 0 Å². The van der Waals surface area contributed by atoms with Crippen LogP contribution in [0.1, 0.15) is 44.1 Å².